The van der Waals surface area contributed by atoms with Crippen molar-refractivity contribution in [2.45, 2.75) is 26.2 Å². The molecular formula is C12H20O3. The fraction of sp³-hybridized carbons (Fsp3) is 0.667. The van der Waals surface area contributed by atoms with E-state index in [-0.39, 0.29) is 6.61 Å². The number of methoxy groups -OCH3 is 1. The maximum absolute atomic E-state index is 8.59. The predicted octanol–water partition coefficient (Wildman–Crippen LogP) is 1.72. The number of aliphatic hydroxyl groups is 1. The number of hydrogen-bond donors (Lipinski definition) is 1. The first-order valence-electron chi connectivity index (χ1n) is 5.14. The first kappa shape index (κ1) is 14.2. The lowest BCUT2D eigenvalue weighted by Gasteiger charge is -1.99. The van der Waals surface area contributed by atoms with Crippen molar-refractivity contribution in [1.82, 2.24) is 0 Å². The van der Waals surface area contributed by atoms with Crippen LogP contribution in [0.3, 0.4) is 0 Å². The molecule has 0 unspecified atom stereocenters. The van der Waals surface area contributed by atoms with Crippen molar-refractivity contribution in [3.63, 3.8) is 0 Å². The standard InChI is InChI=1S/C12H20O3/c1-12(8-9-13)7-5-3-4-6-10-15-11-14-2/h8,13H,3-4,6,9-11H2,1-2H3/b12-8-. The third-order valence-corrected chi connectivity index (χ3v) is 1.72. The summed E-state index contributed by atoms with van der Waals surface area (Å²) < 4.78 is 9.88. The highest BCUT2D eigenvalue weighted by atomic mass is 16.7. The lowest BCUT2D eigenvalue weighted by Crippen LogP contribution is -1.97. The van der Waals surface area contributed by atoms with Crippen LogP contribution >= 0.6 is 0 Å². The van der Waals surface area contributed by atoms with Crippen LogP contribution in [-0.4, -0.2) is 32.2 Å². The van der Waals surface area contributed by atoms with E-state index in [4.69, 9.17) is 14.6 Å². The van der Waals surface area contributed by atoms with Crippen molar-refractivity contribution in [2.24, 2.45) is 0 Å². The Morgan fingerprint density at radius 2 is 2.20 bits per heavy atom. The maximum atomic E-state index is 8.59. The molecule has 0 aromatic rings. The van der Waals surface area contributed by atoms with Crippen LogP contribution in [0.4, 0.5) is 0 Å². The molecule has 0 spiro atoms. The molecule has 0 bridgehead atoms. The van der Waals surface area contributed by atoms with Gasteiger partial charge in [0.25, 0.3) is 0 Å². The van der Waals surface area contributed by atoms with E-state index in [2.05, 4.69) is 11.8 Å². The third-order valence-electron chi connectivity index (χ3n) is 1.72. The van der Waals surface area contributed by atoms with Crippen molar-refractivity contribution in [1.29, 1.82) is 0 Å². The van der Waals surface area contributed by atoms with Crippen LogP contribution in [0.15, 0.2) is 11.6 Å². The molecule has 15 heavy (non-hydrogen) atoms. The lowest BCUT2D eigenvalue weighted by atomic mass is 10.2. The van der Waals surface area contributed by atoms with Gasteiger partial charge in [-0.05, 0) is 31.4 Å². The minimum atomic E-state index is 0.0609. The Labute approximate surface area is 92.1 Å². The molecular weight excluding hydrogens is 192 g/mol. The van der Waals surface area contributed by atoms with Gasteiger partial charge in [-0.2, -0.15) is 0 Å². The zero-order valence-electron chi connectivity index (χ0n) is 9.58. The van der Waals surface area contributed by atoms with E-state index < -0.39 is 0 Å². The number of ether oxygens (including phenoxy) is 2. The zero-order chi connectivity index (χ0) is 11.4. The number of aliphatic hydroxyl groups excluding tert-OH is 1. The highest BCUT2D eigenvalue weighted by Crippen LogP contribution is 1.95. The van der Waals surface area contributed by atoms with Gasteiger partial charge in [0, 0.05) is 20.1 Å². The first-order chi connectivity index (χ1) is 7.31. The van der Waals surface area contributed by atoms with Crippen molar-refractivity contribution in [3.8, 4) is 11.8 Å². The van der Waals surface area contributed by atoms with Crippen LogP contribution < -0.4 is 0 Å². The van der Waals surface area contributed by atoms with E-state index in [1.165, 1.54) is 0 Å². The van der Waals surface area contributed by atoms with Gasteiger partial charge < -0.3 is 14.6 Å². The van der Waals surface area contributed by atoms with E-state index in [9.17, 15) is 0 Å². The second-order valence-corrected chi connectivity index (χ2v) is 3.14. The fourth-order valence-corrected chi connectivity index (χ4v) is 0.950. The SMILES string of the molecule is COCOCCCCC#C/C(C)=C\CO. The molecule has 0 aromatic carbocycles. The van der Waals surface area contributed by atoms with Gasteiger partial charge in [-0.1, -0.05) is 11.8 Å². The maximum Gasteiger partial charge on any atom is 0.146 e. The molecule has 0 aliphatic rings. The van der Waals surface area contributed by atoms with Crippen molar-refractivity contribution < 1.29 is 14.6 Å². The average molecular weight is 212 g/mol. The Balaban J connectivity index is 3.33. The minimum absolute atomic E-state index is 0.0609. The molecule has 0 saturated carbocycles. The zero-order valence-corrected chi connectivity index (χ0v) is 9.58. The summed E-state index contributed by atoms with van der Waals surface area (Å²) in [6, 6.07) is 0. The quantitative estimate of drug-likeness (QED) is 0.397. The van der Waals surface area contributed by atoms with E-state index >= 15 is 0 Å². The Kier molecular flexibility index (Phi) is 10.6. The molecule has 86 valence electrons. The largest absolute Gasteiger partial charge is 0.392 e. The molecule has 0 amide bonds. The monoisotopic (exact) mass is 212 g/mol. The lowest BCUT2D eigenvalue weighted by molar-refractivity contribution is -0.0313. The number of unbranched alkanes of at least 4 members (excludes halogenated alkanes) is 2. The van der Waals surface area contributed by atoms with Crippen LogP contribution in [0.2, 0.25) is 0 Å². The van der Waals surface area contributed by atoms with Gasteiger partial charge in [0.2, 0.25) is 0 Å². The van der Waals surface area contributed by atoms with Gasteiger partial charge in [0.15, 0.2) is 0 Å². The van der Waals surface area contributed by atoms with Crippen LogP contribution in [0, 0.1) is 11.8 Å². The summed E-state index contributed by atoms with van der Waals surface area (Å²) in [5.41, 5.74) is 0.924. The van der Waals surface area contributed by atoms with Gasteiger partial charge in [0.1, 0.15) is 6.79 Å². The van der Waals surface area contributed by atoms with E-state index in [1.54, 1.807) is 13.2 Å². The highest BCUT2D eigenvalue weighted by molar-refractivity contribution is 5.26. The molecule has 0 atom stereocenters. The first-order valence-corrected chi connectivity index (χ1v) is 5.14. The van der Waals surface area contributed by atoms with Crippen molar-refractivity contribution in [3.05, 3.63) is 11.6 Å². The normalized spacial score (nSPS) is 11.0. The smallest absolute Gasteiger partial charge is 0.146 e. The highest BCUT2D eigenvalue weighted by Gasteiger charge is 1.87. The molecule has 0 rings (SSSR count). The van der Waals surface area contributed by atoms with Gasteiger partial charge in [0.05, 0.1) is 6.61 Å². The second-order valence-electron chi connectivity index (χ2n) is 3.14. The summed E-state index contributed by atoms with van der Waals surface area (Å²) in [6.45, 7) is 3.04. The summed E-state index contributed by atoms with van der Waals surface area (Å²) in [5, 5.41) is 8.59. The van der Waals surface area contributed by atoms with Crippen LogP contribution in [0.1, 0.15) is 26.2 Å². The van der Waals surface area contributed by atoms with E-state index in [0.717, 1.165) is 31.4 Å². The molecule has 0 fully saturated rings. The van der Waals surface area contributed by atoms with Crippen LogP contribution in [0.25, 0.3) is 0 Å². The van der Waals surface area contributed by atoms with E-state index in [1.807, 2.05) is 6.92 Å². The minimum Gasteiger partial charge on any atom is -0.392 e. The van der Waals surface area contributed by atoms with Crippen LogP contribution in [-0.2, 0) is 9.47 Å². The number of hydrogen-bond acceptors (Lipinski definition) is 3. The number of rotatable bonds is 7. The molecule has 1 N–H and O–H groups in total. The molecule has 0 aromatic heterocycles. The third kappa shape index (κ3) is 11.1. The summed E-state index contributed by atoms with van der Waals surface area (Å²) in [6.07, 6.45) is 4.60. The fourth-order valence-electron chi connectivity index (χ4n) is 0.950. The van der Waals surface area contributed by atoms with Crippen molar-refractivity contribution in [2.75, 3.05) is 27.1 Å². The Hall–Kier alpha value is -0.820. The molecule has 0 aliphatic carbocycles. The molecule has 0 heterocycles. The summed E-state index contributed by atoms with van der Waals surface area (Å²) in [7, 11) is 1.61. The van der Waals surface area contributed by atoms with Gasteiger partial charge in [-0.15, -0.1) is 0 Å². The number of allylic oxidation sites excluding steroid dienone is 1. The molecule has 0 aliphatic heterocycles. The topological polar surface area (TPSA) is 38.7 Å². The Bertz CT molecular complexity index is 223. The Morgan fingerprint density at radius 3 is 2.87 bits per heavy atom. The van der Waals surface area contributed by atoms with Gasteiger partial charge in [-0.25, -0.2) is 0 Å². The summed E-state index contributed by atoms with van der Waals surface area (Å²) >= 11 is 0. The van der Waals surface area contributed by atoms with Gasteiger partial charge >= 0.3 is 0 Å². The van der Waals surface area contributed by atoms with Gasteiger partial charge in [-0.3, -0.25) is 0 Å². The summed E-state index contributed by atoms with van der Waals surface area (Å²) in [4.78, 5) is 0. The molecule has 3 nitrogen and oxygen atoms in total. The molecule has 0 radical (unpaired) electrons. The second kappa shape index (κ2) is 11.3. The van der Waals surface area contributed by atoms with Crippen molar-refractivity contribution >= 4 is 0 Å². The average Bonchev–Trinajstić information content (AvgIpc) is 2.22. The predicted molar refractivity (Wildman–Crippen MR) is 60.3 cm³/mol. The van der Waals surface area contributed by atoms with E-state index in [0.29, 0.717) is 6.79 Å². The van der Waals surface area contributed by atoms with Crippen LogP contribution in [0.5, 0.6) is 0 Å². The Morgan fingerprint density at radius 1 is 1.40 bits per heavy atom. The molecule has 0 saturated heterocycles. The summed E-state index contributed by atoms with van der Waals surface area (Å²) in [5.74, 6) is 6.02. The molecule has 3 heteroatoms.